The molecule has 0 aliphatic carbocycles. The lowest BCUT2D eigenvalue weighted by atomic mass is 10.2. The van der Waals surface area contributed by atoms with Crippen LogP contribution >= 0.6 is 15.9 Å². The van der Waals surface area contributed by atoms with Gasteiger partial charge < -0.3 is 0 Å². The first-order chi connectivity index (χ1) is 6.33. The van der Waals surface area contributed by atoms with Gasteiger partial charge in [0.2, 0.25) is 6.33 Å². The smallest absolute Gasteiger partial charge is 0.240 e. The maximum Gasteiger partial charge on any atom is 0.243 e. The molecule has 0 fully saturated rings. The van der Waals surface area contributed by atoms with E-state index in [4.69, 9.17) is 0 Å². The van der Waals surface area contributed by atoms with Gasteiger partial charge in [0.25, 0.3) is 0 Å². The standard InChI is InChI=1S/C10H18BrN2/c1-12-8-9-13(10-12)7-5-3-2-4-6-11/h8-10H,2-7H2,1H3/q+1. The zero-order chi connectivity index (χ0) is 9.52. The van der Waals surface area contributed by atoms with Crippen LogP contribution in [0, 0.1) is 0 Å². The average molecular weight is 246 g/mol. The van der Waals surface area contributed by atoms with E-state index in [1.165, 1.54) is 25.7 Å². The Labute approximate surface area is 88.7 Å². The number of hydrogen-bond donors (Lipinski definition) is 0. The largest absolute Gasteiger partial charge is 0.243 e. The number of rotatable bonds is 6. The minimum Gasteiger partial charge on any atom is -0.240 e. The van der Waals surface area contributed by atoms with E-state index in [1.807, 2.05) is 0 Å². The number of hydrogen-bond acceptors (Lipinski definition) is 0. The van der Waals surface area contributed by atoms with Crippen LogP contribution in [0.25, 0.3) is 0 Å². The summed E-state index contributed by atoms with van der Waals surface area (Å²) < 4.78 is 4.33. The topological polar surface area (TPSA) is 8.81 Å². The van der Waals surface area contributed by atoms with Gasteiger partial charge in [-0.2, -0.15) is 0 Å². The molecule has 1 rings (SSSR count). The Morgan fingerprint density at radius 2 is 2.00 bits per heavy atom. The minimum atomic E-state index is 1.14. The molecule has 0 radical (unpaired) electrons. The molecule has 0 spiro atoms. The van der Waals surface area contributed by atoms with Crippen LogP contribution in [0.4, 0.5) is 0 Å². The van der Waals surface area contributed by atoms with Crippen molar-refractivity contribution in [2.45, 2.75) is 32.2 Å². The number of imidazole rings is 1. The van der Waals surface area contributed by atoms with Gasteiger partial charge in [-0.15, -0.1) is 0 Å². The maximum absolute atomic E-state index is 3.44. The molecule has 74 valence electrons. The van der Waals surface area contributed by atoms with Crippen LogP contribution in [-0.4, -0.2) is 9.90 Å². The Kier molecular flexibility index (Phi) is 5.13. The van der Waals surface area contributed by atoms with Gasteiger partial charge in [0.1, 0.15) is 12.4 Å². The van der Waals surface area contributed by atoms with Gasteiger partial charge in [-0.25, -0.2) is 9.13 Å². The van der Waals surface area contributed by atoms with E-state index in [0.29, 0.717) is 0 Å². The van der Waals surface area contributed by atoms with Gasteiger partial charge in [0.05, 0.1) is 13.6 Å². The summed E-state index contributed by atoms with van der Waals surface area (Å²) in [7, 11) is 2.06. The third-order valence-corrected chi connectivity index (χ3v) is 2.68. The Bertz CT molecular complexity index is 233. The molecule has 1 heterocycles. The first-order valence-corrected chi connectivity index (χ1v) is 6.02. The first kappa shape index (κ1) is 10.8. The van der Waals surface area contributed by atoms with Crippen molar-refractivity contribution in [2.24, 2.45) is 7.05 Å². The molecule has 13 heavy (non-hydrogen) atoms. The van der Waals surface area contributed by atoms with Crippen LogP contribution in [0.15, 0.2) is 18.7 Å². The summed E-state index contributed by atoms with van der Waals surface area (Å²) in [5.74, 6) is 0. The summed E-state index contributed by atoms with van der Waals surface area (Å²) in [6, 6.07) is 0. The van der Waals surface area contributed by atoms with E-state index in [-0.39, 0.29) is 0 Å². The normalized spacial score (nSPS) is 10.6. The molecule has 0 aromatic carbocycles. The van der Waals surface area contributed by atoms with Gasteiger partial charge in [0.15, 0.2) is 0 Å². The monoisotopic (exact) mass is 245 g/mol. The molecule has 2 nitrogen and oxygen atoms in total. The molecular formula is C10H18BrN2+. The van der Waals surface area contributed by atoms with Crippen molar-refractivity contribution in [3.05, 3.63) is 18.7 Å². The lowest BCUT2D eigenvalue weighted by Gasteiger charge is -1.96. The number of aryl methyl sites for hydroxylation is 2. The minimum absolute atomic E-state index is 1.14. The molecule has 0 unspecified atom stereocenters. The van der Waals surface area contributed by atoms with Crippen molar-refractivity contribution in [3.8, 4) is 0 Å². The lowest BCUT2D eigenvalue weighted by Crippen LogP contribution is -2.23. The first-order valence-electron chi connectivity index (χ1n) is 4.90. The lowest BCUT2D eigenvalue weighted by molar-refractivity contribution is -0.671. The second kappa shape index (κ2) is 6.19. The highest BCUT2D eigenvalue weighted by molar-refractivity contribution is 9.09. The molecule has 0 saturated heterocycles. The summed E-state index contributed by atoms with van der Waals surface area (Å²) in [5.41, 5.74) is 0. The van der Waals surface area contributed by atoms with Gasteiger partial charge in [-0.05, 0) is 19.3 Å². The molecule has 0 saturated carbocycles. The van der Waals surface area contributed by atoms with Crippen LogP contribution < -0.4 is 4.57 Å². The van der Waals surface area contributed by atoms with Crippen molar-refractivity contribution in [1.29, 1.82) is 0 Å². The molecule has 1 aromatic rings. The van der Waals surface area contributed by atoms with Crippen LogP contribution in [-0.2, 0) is 13.6 Å². The Morgan fingerprint density at radius 1 is 1.23 bits per heavy atom. The molecular weight excluding hydrogens is 228 g/mol. The zero-order valence-corrected chi connectivity index (χ0v) is 9.83. The summed E-state index contributed by atoms with van der Waals surface area (Å²) in [4.78, 5) is 0. The SMILES string of the molecule is C[n+]1ccn(CCCCCCBr)c1. The molecule has 0 bridgehead atoms. The van der Waals surface area contributed by atoms with Gasteiger partial charge in [-0.3, -0.25) is 0 Å². The van der Waals surface area contributed by atoms with Crippen LogP contribution in [0.5, 0.6) is 0 Å². The summed E-state index contributed by atoms with van der Waals surface area (Å²) in [6.45, 7) is 1.16. The molecule has 1 aromatic heterocycles. The van der Waals surface area contributed by atoms with E-state index < -0.39 is 0 Å². The zero-order valence-electron chi connectivity index (χ0n) is 8.25. The van der Waals surface area contributed by atoms with Crippen molar-refractivity contribution in [3.63, 3.8) is 0 Å². The Hall–Kier alpha value is -0.310. The fourth-order valence-electron chi connectivity index (χ4n) is 1.38. The summed E-state index contributed by atoms with van der Waals surface area (Å²) >= 11 is 3.44. The number of halogens is 1. The second-order valence-electron chi connectivity index (χ2n) is 3.42. The Morgan fingerprint density at radius 3 is 2.62 bits per heavy atom. The van der Waals surface area contributed by atoms with E-state index in [0.717, 1.165) is 11.9 Å². The third-order valence-electron chi connectivity index (χ3n) is 2.12. The highest BCUT2D eigenvalue weighted by Crippen LogP contribution is 2.03. The third kappa shape index (κ3) is 4.46. The molecule has 0 amide bonds. The molecule has 3 heteroatoms. The molecule has 0 aliphatic rings. The Balaban J connectivity index is 2.06. The van der Waals surface area contributed by atoms with E-state index in [9.17, 15) is 0 Å². The number of unbranched alkanes of at least 4 members (excludes halogenated alkanes) is 3. The predicted molar refractivity (Wildman–Crippen MR) is 57.9 cm³/mol. The quantitative estimate of drug-likeness (QED) is 0.413. The van der Waals surface area contributed by atoms with Crippen molar-refractivity contribution in [1.82, 2.24) is 4.57 Å². The summed E-state index contributed by atoms with van der Waals surface area (Å²) in [6.07, 6.45) is 11.6. The van der Waals surface area contributed by atoms with Crippen molar-refractivity contribution < 1.29 is 4.57 Å². The van der Waals surface area contributed by atoms with Crippen LogP contribution in [0.1, 0.15) is 25.7 Å². The maximum atomic E-state index is 3.44. The number of aromatic nitrogens is 2. The van der Waals surface area contributed by atoms with Gasteiger partial charge in [-0.1, -0.05) is 22.4 Å². The van der Waals surface area contributed by atoms with Crippen LogP contribution in [0.2, 0.25) is 0 Å². The fraction of sp³-hybridized carbons (Fsp3) is 0.700. The average Bonchev–Trinajstić information content (AvgIpc) is 2.51. The molecule has 0 atom stereocenters. The summed E-state index contributed by atoms with van der Waals surface area (Å²) in [5, 5.41) is 1.14. The molecule has 0 N–H and O–H groups in total. The fourth-order valence-corrected chi connectivity index (χ4v) is 1.77. The van der Waals surface area contributed by atoms with Crippen LogP contribution in [0.3, 0.4) is 0 Å². The number of nitrogens with zero attached hydrogens (tertiary/aromatic N) is 2. The highest BCUT2D eigenvalue weighted by Gasteiger charge is 1.98. The van der Waals surface area contributed by atoms with E-state index in [2.05, 4.69) is 50.8 Å². The van der Waals surface area contributed by atoms with Crippen molar-refractivity contribution in [2.75, 3.05) is 5.33 Å². The molecule has 0 aliphatic heterocycles. The van der Waals surface area contributed by atoms with Gasteiger partial charge >= 0.3 is 0 Å². The van der Waals surface area contributed by atoms with E-state index in [1.54, 1.807) is 0 Å². The van der Waals surface area contributed by atoms with E-state index >= 15 is 0 Å². The van der Waals surface area contributed by atoms with Gasteiger partial charge in [0, 0.05) is 5.33 Å². The highest BCUT2D eigenvalue weighted by atomic mass is 79.9. The predicted octanol–water partition coefficient (Wildman–Crippen LogP) is 2.27. The van der Waals surface area contributed by atoms with Crippen molar-refractivity contribution >= 4 is 15.9 Å². The number of alkyl halides is 1. The second-order valence-corrected chi connectivity index (χ2v) is 4.21.